The Morgan fingerprint density at radius 2 is 2.09 bits per heavy atom. The van der Waals surface area contributed by atoms with Gasteiger partial charge in [-0.1, -0.05) is 30.0 Å². The normalized spacial score (nSPS) is 13.9. The zero-order chi connectivity index (χ0) is 16.5. The Labute approximate surface area is 143 Å². The predicted octanol–water partition coefficient (Wildman–Crippen LogP) is 1.61. The van der Waals surface area contributed by atoms with Gasteiger partial charge in [0.1, 0.15) is 6.54 Å². The summed E-state index contributed by atoms with van der Waals surface area (Å²) in [4.78, 5) is 37.0. The van der Waals surface area contributed by atoms with Crippen LogP contribution in [0.4, 0.5) is 4.79 Å². The van der Waals surface area contributed by atoms with Crippen molar-refractivity contribution >= 4 is 40.6 Å². The number of ether oxygens (including phenoxy) is 1. The molecule has 1 aliphatic heterocycles. The van der Waals surface area contributed by atoms with E-state index in [1.165, 1.54) is 16.7 Å². The standard InChI is InChI=1S/C15H18N2O4S2/c18-13(16-6-8-22-12-4-2-1-3-5-12)11-21-14(19)10-17-7-9-23-15(17)20/h1-5H,6-11H2,(H,16,18). The first-order valence-electron chi connectivity index (χ1n) is 7.17. The number of esters is 1. The molecule has 2 rings (SSSR count). The predicted molar refractivity (Wildman–Crippen MR) is 90.6 cm³/mol. The third-order valence-corrected chi connectivity index (χ3v) is 4.87. The van der Waals surface area contributed by atoms with E-state index in [9.17, 15) is 14.4 Å². The maximum absolute atomic E-state index is 11.6. The van der Waals surface area contributed by atoms with E-state index in [2.05, 4.69) is 5.32 Å². The van der Waals surface area contributed by atoms with Gasteiger partial charge in [0.15, 0.2) is 6.61 Å². The highest BCUT2D eigenvalue weighted by Gasteiger charge is 2.24. The van der Waals surface area contributed by atoms with E-state index >= 15 is 0 Å². The SMILES string of the molecule is O=C(COC(=O)CN1CCSC1=O)NCCSc1ccccc1. The number of carbonyl (C=O) groups excluding carboxylic acids is 3. The second kappa shape index (κ2) is 9.46. The molecule has 1 fully saturated rings. The highest BCUT2D eigenvalue weighted by atomic mass is 32.2. The van der Waals surface area contributed by atoms with Crippen molar-refractivity contribution in [3.8, 4) is 0 Å². The van der Waals surface area contributed by atoms with Crippen LogP contribution in [0.3, 0.4) is 0 Å². The maximum atomic E-state index is 11.6. The van der Waals surface area contributed by atoms with E-state index in [-0.39, 0.29) is 24.3 Å². The van der Waals surface area contributed by atoms with Crippen molar-refractivity contribution in [2.24, 2.45) is 0 Å². The van der Waals surface area contributed by atoms with Crippen LogP contribution in [-0.4, -0.2) is 59.8 Å². The van der Waals surface area contributed by atoms with Crippen LogP contribution < -0.4 is 5.32 Å². The van der Waals surface area contributed by atoms with Crippen molar-refractivity contribution in [2.75, 3.05) is 37.7 Å². The summed E-state index contributed by atoms with van der Waals surface area (Å²) >= 11 is 2.82. The summed E-state index contributed by atoms with van der Waals surface area (Å²) in [5.41, 5.74) is 0. The van der Waals surface area contributed by atoms with E-state index in [1.807, 2.05) is 30.3 Å². The molecule has 8 heteroatoms. The minimum Gasteiger partial charge on any atom is -0.454 e. The number of benzene rings is 1. The fourth-order valence-electron chi connectivity index (χ4n) is 1.84. The van der Waals surface area contributed by atoms with Gasteiger partial charge in [0, 0.05) is 29.5 Å². The first-order valence-corrected chi connectivity index (χ1v) is 9.14. The van der Waals surface area contributed by atoms with E-state index in [1.54, 1.807) is 11.8 Å². The van der Waals surface area contributed by atoms with Crippen molar-refractivity contribution in [1.29, 1.82) is 0 Å². The fraction of sp³-hybridized carbons (Fsp3) is 0.400. The van der Waals surface area contributed by atoms with Gasteiger partial charge in [0.25, 0.3) is 11.1 Å². The molecule has 2 amide bonds. The van der Waals surface area contributed by atoms with Gasteiger partial charge in [-0.25, -0.2) is 0 Å². The molecule has 0 atom stereocenters. The van der Waals surface area contributed by atoms with Gasteiger partial charge in [-0.05, 0) is 12.1 Å². The number of carbonyl (C=O) groups is 3. The van der Waals surface area contributed by atoms with Crippen LogP contribution in [0.15, 0.2) is 35.2 Å². The molecule has 0 aliphatic carbocycles. The monoisotopic (exact) mass is 354 g/mol. The summed E-state index contributed by atoms with van der Waals surface area (Å²) < 4.78 is 4.87. The molecule has 0 aromatic heterocycles. The van der Waals surface area contributed by atoms with Crippen LogP contribution in [0.2, 0.25) is 0 Å². The highest BCUT2D eigenvalue weighted by Crippen LogP contribution is 2.17. The van der Waals surface area contributed by atoms with Gasteiger partial charge in [-0.15, -0.1) is 11.8 Å². The molecule has 1 heterocycles. The molecule has 1 aromatic rings. The molecule has 6 nitrogen and oxygen atoms in total. The van der Waals surface area contributed by atoms with Crippen molar-refractivity contribution in [2.45, 2.75) is 4.90 Å². The average molecular weight is 354 g/mol. The summed E-state index contributed by atoms with van der Waals surface area (Å²) in [7, 11) is 0. The topological polar surface area (TPSA) is 75.7 Å². The molecular formula is C15H18N2O4S2. The zero-order valence-corrected chi connectivity index (χ0v) is 14.2. The molecular weight excluding hydrogens is 336 g/mol. The van der Waals surface area contributed by atoms with E-state index in [0.717, 1.165) is 10.6 Å². The molecule has 23 heavy (non-hydrogen) atoms. The van der Waals surface area contributed by atoms with E-state index in [0.29, 0.717) is 18.8 Å². The first-order chi connectivity index (χ1) is 11.1. The Morgan fingerprint density at radius 3 is 2.78 bits per heavy atom. The van der Waals surface area contributed by atoms with Gasteiger partial charge in [0.2, 0.25) is 0 Å². The first kappa shape index (κ1) is 17.7. The Hall–Kier alpha value is -1.67. The molecule has 0 spiro atoms. The zero-order valence-electron chi connectivity index (χ0n) is 12.5. The molecule has 1 aromatic carbocycles. The van der Waals surface area contributed by atoms with Crippen molar-refractivity contribution in [1.82, 2.24) is 10.2 Å². The quantitative estimate of drug-likeness (QED) is 0.434. The molecule has 1 saturated heterocycles. The third-order valence-electron chi connectivity index (χ3n) is 2.97. The Balaban J connectivity index is 1.54. The molecule has 0 unspecified atom stereocenters. The molecule has 0 bridgehead atoms. The van der Waals surface area contributed by atoms with Crippen LogP contribution in [0.25, 0.3) is 0 Å². The molecule has 0 radical (unpaired) electrons. The molecule has 124 valence electrons. The number of amides is 2. The third kappa shape index (κ3) is 6.54. The number of hydrogen-bond donors (Lipinski definition) is 1. The lowest BCUT2D eigenvalue weighted by molar-refractivity contribution is -0.148. The van der Waals surface area contributed by atoms with E-state index in [4.69, 9.17) is 4.74 Å². The summed E-state index contributed by atoms with van der Waals surface area (Å²) in [6.07, 6.45) is 0. The molecule has 1 N–H and O–H groups in total. The minimum atomic E-state index is -0.560. The smallest absolute Gasteiger partial charge is 0.326 e. The van der Waals surface area contributed by atoms with Gasteiger partial charge in [-0.3, -0.25) is 14.4 Å². The molecule has 1 aliphatic rings. The lowest BCUT2D eigenvalue weighted by Gasteiger charge is -2.13. The van der Waals surface area contributed by atoms with Crippen molar-refractivity contribution in [3.63, 3.8) is 0 Å². The summed E-state index contributed by atoms with van der Waals surface area (Å²) in [6, 6.07) is 9.89. The number of rotatable bonds is 8. The Kier molecular flexibility index (Phi) is 7.28. The van der Waals surface area contributed by atoms with Crippen molar-refractivity contribution in [3.05, 3.63) is 30.3 Å². The number of thioether (sulfide) groups is 2. The number of nitrogens with one attached hydrogen (secondary N) is 1. The minimum absolute atomic E-state index is 0.0943. The van der Waals surface area contributed by atoms with Crippen LogP contribution >= 0.6 is 23.5 Å². The fourth-order valence-corrected chi connectivity index (χ4v) is 3.46. The van der Waals surface area contributed by atoms with Gasteiger partial charge >= 0.3 is 5.97 Å². The Morgan fingerprint density at radius 1 is 1.30 bits per heavy atom. The van der Waals surface area contributed by atoms with Gasteiger partial charge < -0.3 is 15.0 Å². The second-order valence-corrected chi connectivity index (χ2v) is 6.92. The average Bonchev–Trinajstić information content (AvgIpc) is 2.95. The summed E-state index contributed by atoms with van der Waals surface area (Å²) in [6.45, 7) is 0.631. The Bertz CT molecular complexity index is 554. The maximum Gasteiger partial charge on any atom is 0.326 e. The van der Waals surface area contributed by atoms with E-state index < -0.39 is 5.97 Å². The number of hydrogen-bond acceptors (Lipinski definition) is 6. The van der Waals surface area contributed by atoms with Crippen LogP contribution in [0.1, 0.15) is 0 Å². The lowest BCUT2D eigenvalue weighted by atomic mass is 10.4. The van der Waals surface area contributed by atoms with Crippen LogP contribution in [0.5, 0.6) is 0 Å². The largest absolute Gasteiger partial charge is 0.454 e. The lowest BCUT2D eigenvalue weighted by Crippen LogP contribution is -2.34. The summed E-state index contributed by atoms with van der Waals surface area (Å²) in [5.74, 6) is 0.526. The van der Waals surface area contributed by atoms with Crippen molar-refractivity contribution < 1.29 is 19.1 Å². The highest BCUT2D eigenvalue weighted by molar-refractivity contribution is 8.13. The molecule has 0 saturated carbocycles. The van der Waals surface area contributed by atoms with Crippen LogP contribution in [0, 0.1) is 0 Å². The van der Waals surface area contributed by atoms with Gasteiger partial charge in [-0.2, -0.15) is 0 Å². The number of nitrogens with zero attached hydrogens (tertiary/aromatic N) is 1. The van der Waals surface area contributed by atoms with Crippen LogP contribution in [-0.2, 0) is 14.3 Å². The second-order valence-electron chi connectivity index (χ2n) is 4.71. The summed E-state index contributed by atoms with van der Waals surface area (Å²) in [5, 5.41) is 2.57. The van der Waals surface area contributed by atoms with Gasteiger partial charge in [0.05, 0.1) is 0 Å².